The van der Waals surface area contributed by atoms with E-state index in [1.807, 2.05) is 12.1 Å². The second-order valence-corrected chi connectivity index (χ2v) is 5.50. The Labute approximate surface area is 128 Å². The summed E-state index contributed by atoms with van der Waals surface area (Å²) in [4.78, 5) is 0. The standard InChI is InChI=1S/C15H21BrN2O2/c1-19-9-8-17-6-3-7-18-11-13-10-12-4-2-5-14(16)15(12)20-13/h2,4-5,10,17-18H,3,6-9,11H2,1H3. The van der Waals surface area contributed by atoms with Gasteiger partial charge >= 0.3 is 0 Å². The van der Waals surface area contributed by atoms with Gasteiger partial charge < -0.3 is 19.8 Å². The third-order valence-corrected chi connectivity index (χ3v) is 3.66. The van der Waals surface area contributed by atoms with Crippen LogP contribution in [0.15, 0.2) is 33.2 Å². The maximum atomic E-state index is 5.82. The van der Waals surface area contributed by atoms with Gasteiger partial charge in [-0.25, -0.2) is 0 Å². The Balaban J connectivity index is 1.67. The van der Waals surface area contributed by atoms with Crippen molar-refractivity contribution in [3.8, 4) is 0 Å². The third-order valence-electron chi connectivity index (χ3n) is 3.04. The number of fused-ring (bicyclic) bond motifs is 1. The Kier molecular flexibility index (Phi) is 6.53. The molecule has 0 saturated heterocycles. The molecule has 0 unspecified atom stereocenters. The van der Waals surface area contributed by atoms with Crippen LogP contribution in [0.1, 0.15) is 12.2 Å². The number of para-hydroxylation sites is 1. The van der Waals surface area contributed by atoms with Crippen LogP contribution in [0.4, 0.5) is 0 Å². The third kappa shape index (κ3) is 4.59. The van der Waals surface area contributed by atoms with Crippen molar-refractivity contribution in [3.63, 3.8) is 0 Å². The second-order valence-electron chi connectivity index (χ2n) is 4.64. The van der Waals surface area contributed by atoms with Crippen LogP contribution >= 0.6 is 15.9 Å². The van der Waals surface area contributed by atoms with E-state index in [2.05, 4.69) is 38.7 Å². The van der Waals surface area contributed by atoms with Gasteiger partial charge in [-0.15, -0.1) is 0 Å². The Morgan fingerprint density at radius 3 is 2.85 bits per heavy atom. The summed E-state index contributed by atoms with van der Waals surface area (Å²) in [5.74, 6) is 0.972. The number of halogens is 1. The highest BCUT2D eigenvalue weighted by Crippen LogP contribution is 2.26. The summed E-state index contributed by atoms with van der Waals surface area (Å²) in [6.07, 6.45) is 1.09. The van der Waals surface area contributed by atoms with E-state index in [4.69, 9.17) is 9.15 Å². The molecule has 110 valence electrons. The number of rotatable bonds is 9. The normalized spacial score (nSPS) is 11.3. The number of nitrogens with one attached hydrogen (secondary N) is 2. The minimum Gasteiger partial charge on any atom is -0.459 e. The van der Waals surface area contributed by atoms with Gasteiger partial charge in [0.15, 0.2) is 0 Å². The fourth-order valence-electron chi connectivity index (χ4n) is 2.02. The molecule has 2 N–H and O–H groups in total. The summed E-state index contributed by atoms with van der Waals surface area (Å²) >= 11 is 3.50. The minimum atomic E-state index is 0.763. The molecule has 1 aromatic heterocycles. The first-order valence-corrected chi connectivity index (χ1v) is 7.68. The average Bonchev–Trinajstić information content (AvgIpc) is 2.86. The summed E-state index contributed by atoms with van der Waals surface area (Å²) in [5, 5.41) is 7.85. The van der Waals surface area contributed by atoms with Crippen LogP contribution in [0.25, 0.3) is 11.0 Å². The molecule has 0 spiro atoms. The summed E-state index contributed by atoms with van der Waals surface area (Å²) in [5.41, 5.74) is 0.922. The molecule has 2 aromatic rings. The van der Waals surface area contributed by atoms with Crippen LogP contribution in [-0.4, -0.2) is 33.4 Å². The van der Waals surface area contributed by atoms with Crippen LogP contribution < -0.4 is 10.6 Å². The lowest BCUT2D eigenvalue weighted by Gasteiger charge is -2.04. The maximum Gasteiger partial charge on any atom is 0.148 e. The van der Waals surface area contributed by atoms with Crippen LogP contribution in [0, 0.1) is 0 Å². The van der Waals surface area contributed by atoms with Gasteiger partial charge in [0.05, 0.1) is 17.6 Å². The predicted molar refractivity (Wildman–Crippen MR) is 85.0 cm³/mol. The van der Waals surface area contributed by atoms with Gasteiger partial charge in [-0.05, 0) is 47.6 Å². The number of benzene rings is 1. The number of furan rings is 1. The molecule has 0 aliphatic carbocycles. The van der Waals surface area contributed by atoms with Crippen LogP contribution in [0.5, 0.6) is 0 Å². The Morgan fingerprint density at radius 1 is 1.20 bits per heavy atom. The SMILES string of the molecule is COCCNCCCNCc1cc2cccc(Br)c2o1. The lowest BCUT2D eigenvalue weighted by molar-refractivity contribution is 0.199. The van der Waals surface area contributed by atoms with Gasteiger partial charge in [-0.1, -0.05) is 12.1 Å². The molecule has 0 amide bonds. The van der Waals surface area contributed by atoms with E-state index in [9.17, 15) is 0 Å². The summed E-state index contributed by atoms with van der Waals surface area (Å²) in [6.45, 7) is 4.41. The van der Waals surface area contributed by atoms with Crippen molar-refractivity contribution in [2.24, 2.45) is 0 Å². The molecule has 0 aliphatic heterocycles. The topological polar surface area (TPSA) is 46.4 Å². The van der Waals surface area contributed by atoms with E-state index in [0.717, 1.165) is 60.4 Å². The van der Waals surface area contributed by atoms with Crippen molar-refractivity contribution in [3.05, 3.63) is 34.5 Å². The highest BCUT2D eigenvalue weighted by Gasteiger charge is 2.05. The Bertz CT molecular complexity index is 528. The van der Waals surface area contributed by atoms with Gasteiger partial charge in [0.1, 0.15) is 11.3 Å². The van der Waals surface area contributed by atoms with Crippen molar-refractivity contribution in [1.82, 2.24) is 10.6 Å². The second kappa shape index (κ2) is 8.42. The zero-order chi connectivity index (χ0) is 14.2. The molecule has 0 fully saturated rings. The molecular weight excluding hydrogens is 320 g/mol. The van der Waals surface area contributed by atoms with Gasteiger partial charge in [-0.3, -0.25) is 0 Å². The van der Waals surface area contributed by atoms with Crippen molar-refractivity contribution < 1.29 is 9.15 Å². The largest absolute Gasteiger partial charge is 0.459 e. The fourth-order valence-corrected chi connectivity index (χ4v) is 2.48. The van der Waals surface area contributed by atoms with E-state index >= 15 is 0 Å². The molecule has 0 radical (unpaired) electrons. The average molecular weight is 341 g/mol. The van der Waals surface area contributed by atoms with Gasteiger partial charge in [0.2, 0.25) is 0 Å². The molecule has 2 rings (SSSR count). The first-order valence-electron chi connectivity index (χ1n) is 6.88. The van der Waals surface area contributed by atoms with Crippen molar-refractivity contribution >= 4 is 26.9 Å². The quantitative estimate of drug-likeness (QED) is 0.689. The van der Waals surface area contributed by atoms with Crippen LogP contribution in [-0.2, 0) is 11.3 Å². The molecule has 4 nitrogen and oxygen atoms in total. The smallest absolute Gasteiger partial charge is 0.148 e. The monoisotopic (exact) mass is 340 g/mol. The van der Waals surface area contributed by atoms with E-state index in [1.54, 1.807) is 7.11 Å². The number of ether oxygens (including phenoxy) is 1. The van der Waals surface area contributed by atoms with Gasteiger partial charge in [0.25, 0.3) is 0 Å². The first kappa shape index (κ1) is 15.5. The molecule has 5 heteroatoms. The van der Waals surface area contributed by atoms with Gasteiger partial charge in [0, 0.05) is 19.0 Å². The van der Waals surface area contributed by atoms with E-state index in [-0.39, 0.29) is 0 Å². The number of hydrogen-bond donors (Lipinski definition) is 2. The maximum absolute atomic E-state index is 5.82. The highest BCUT2D eigenvalue weighted by molar-refractivity contribution is 9.10. The number of hydrogen-bond acceptors (Lipinski definition) is 4. The first-order chi connectivity index (χ1) is 9.81. The lowest BCUT2D eigenvalue weighted by atomic mass is 10.2. The van der Waals surface area contributed by atoms with Crippen molar-refractivity contribution in [2.45, 2.75) is 13.0 Å². The molecule has 1 aromatic carbocycles. The Hall–Kier alpha value is -0.880. The summed E-state index contributed by atoms with van der Waals surface area (Å²) < 4.78 is 11.8. The molecule has 1 heterocycles. The van der Waals surface area contributed by atoms with Crippen LogP contribution in [0.2, 0.25) is 0 Å². The van der Waals surface area contributed by atoms with E-state index in [1.165, 1.54) is 0 Å². The summed E-state index contributed by atoms with van der Waals surface area (Å²) in [6, 6.07) is 8.16. The summed E-state index contributed by atoms with van der Waals surface area (Å²) in [7, 11) is 1.72. The predicted octanol–water partition coefficient (Wildman–Crippen LogP) is 2.91. The number of methoxy groups -OCH3 is 1. The molecule has 0 aliphatic rings. The Morgan fingerprint density at radius 2 is 2.05 bits per heavy atom. The van der Waals surface area contributed by atoms with Gasteiger partial charge in [-0.2, -0.15) is 0 Å². The van der Waals surface area contributed by atoms with E-state index in [0.29, 0.717) is 0 Å². The zero-order valence-electron chi connectivity index (χ0n) is 11.7. The molecule has 20 heavy (non-hydrogen) atoms. The zero-order valence-corrected chi connectivity index (χ0v) is 13.3. The fraction of sp³-hybridized carbons (Fsp3) is 0.467. The highest BCUT2D eigenvalue weighted by atomic mass is 79.9. The van der Waals surface area contributed by atoms with Crippen molar-refractivity contribution in [1.29, 1.82) is 0 Å². The molecular formula is C15H21BrN2O2. The van der Waals surface area contributed by atoms with Crippen molar-refractivity contribution in [2.75, 3.05) is 33.4 Å². The minimum absolute atomic E-state index is 0.763. The molecule has 0 saturated carbocycles. The lowest BCUT2D eigenvalue weighted by Crippen LogP contribution is -2.24. The van der Waals surface area contributed by atoms with Crippen LogP contribution in [0.3, 0.4) is 0 Å². The van der Waals surface area contributed by atoms with E-state index < -0.39 is 0 Å². The molecule has 0 bridgehead atoms. The molecule has 0 atom stereocenters.